The highest BCUT2D eigenvalue weighted by molar-refractivity contribution is 5.85. The molecule has 5 heteroatoms. The molecule has 0 spiro atoms. The van der Waals surface area contributed by atoms with Gasteiger partial charge in [-0.3, -0.25) is 10.5 Å². The van der Waals surface area contributed by atoms with Crippen molar-refractivity contribution < 1.29 is 14.6 Å². The van der Waals surface area contributed by atoms with Gasteiger partial charge in [0.15, 0.2) is 5.72 Å². The maximum absolute atomic E-state index is 10.9. The van der Waals surface area contributed by atoms with Crippen LogP contribution in [-0.4, -0.2) is 24.6 Å². The molecule has 0 saturated carbocycles. The first-order chi connectivity index (χ1) is 10.1. The molecule has 4 nitrogen and oxygen atoms in total. The zero-order chi connectivity index (χ0) is 15.3. The van der Waals surface area contributed by atoms with Crippen LogP contribution in [0.2, 0.25) is 0 Å². The largest absolute Gasteiger partial charge is 0.388 e. The fraction of sp³-hybridized carbons (Fsp3) is 0.235. The summed E-state index contributed by atoms with van der Waals surface area (Å²) >= 11 is 0. The van der Waals surface area contributed by atoms with Gasteiger partial charge in [-0.25, -0.2) is 0 Å². The number of carbonyl (C=O) groups is 1. The summed E-state index contributed by atoms with van der Waals surface area (Å²) in [5.74, 6) is 0. The molecule has 0 fully saturated rings. The number of aldehydes is 1. The minimum atomic E-state index is -1.37. The van der Waals surface area contributed by atoms with Crippen LogP contribution in [0, 0.1) is 0 Å². The second-order valence-corrected chi connectivity index (χ2v) is 4.95. The Morgan fingerprint density at radius 2 is 1.91 bits per heavy atom. The summed E-state index contributed by atoms with van der Waals surface area (Å²) in [5, 5.41) is 10.5. The molecule has 0 bridgehead atoms. The first kappa shape index (κ1) is 18.3. The topological polar surface area (TPSA) is 72.5 Å². The third kappa shape index (κ3) is 3.93. The summed E-state index contributed by atoms with van der Waals surface area (Å²) in [6, 6.07) is 16.3. The van der Waals surface area contributed by atoms with Crippen LogP contribution in [0.4, 0.5) is 0 Å². The van der Waals surface area contributed by atoms with E-state index in [4.69, 9.17) is 10.5 Å². The molecule has 0 heterocycles. The van der Waals surface area contributed by atoms with Crippen molar-refractivity contribution in [3.63, 3.8) is 0 Å². The van der Waals surface area contributed by atoms with Crippen molar-refractivity contribution in [2.45, 2.75) is 18.2 Å². The van der Waals surface area contributed by atoms with Crippen LogP contribution in [0.5, 0.6) is 0 Å². The highest BCUT2D eigenvalue weighted by Crippen LogP contribution is 2.26. The molecule has 0 saturated heterocycles. The van der Waals surface area contributed by atoms with Crippen molar-refractivity contribution in [3.05, 3.63) is 71.3 Å². The number of ether oxygens (including phenoxy) is 1. The number of methoxy groups -OCH3 is 1. The molecule has 0 radical (unpaired) electrons. The second kappa shape index (κ2) is 8.06. The molecular weight excluding hydrogens is 302 g/mol. The summed E-state index contributed by atoms with van der Waals surface area (Å²) in [4.78, 5) is 10.9. The summed E-state index contributed by atoms with van der Waals surface area (Å²) in [7, 11) is 1.45. The molecule has 0 aliphatic carbocycles. The molecule has 22 heavy (non-hydrogen) atoms. The Bertz CT molecular complexity index is 606. The Kier molecular flexibility index (Phi) is 6.71. The van der Waals surface area contributed by atoms with E-state index in [1.54, 1.807) is 24.3 Å². The van der Waals surface area contributed by atoms with E-state index in [1.807, 2.05) is 30.3 Å². The van der Waals surface area contributed by atoms with Crippen LogP contribution in [0.1, 0.15) is 21.5 Å². The number of rotatable bonds is 6. The molecular formula is C17H20ClNO3. The Hall–Kier alpha value is -1.72. The van der Waals surface area contributed by atoms with Gasteiger partial charge in [0.05, 0.1) is 0 Å². The Labute approximate surface area is 136 Å². The number of halogens is 1. The van der Waals surface area contributed by atoms with E-state index < -0.39 is 11.8 Å². The Morgan fingerprint density at radius 1 is 1.23 bits per heavy atom. The first-order valence-corrected chi connectivity index (χ1v) is 6.72. The number of hydrogen-bond donors (Lipinski definition) is 2. The predicted molar refractivity (Wildman–Crippen MR) is 88.1 cm³/mol. The van der Waals surface area contributed by atoms with Crippen LogP contribution in [0.25, 0.3) is 0 Å². The monoisotopic (exact) mass is 321 g/mol. The van der Waals surface area contributed by atoms with Crippen molar-refractivity contribution in [2.75, 3.05) is 7.11 Å². The summed E-state index contributed by atoms with van der Waals surface area (Å²) in [6.45, 7) is 0. The SMILES string of the molecule is CO[C@@](N)(c1cccc(C=O)c1)[C@@H](O)Cc1ccccc1.Cl. The molecule has 2 atom stereocenters. The number of aliphatic hydroxyl groups is 1. The van der Waals surface area contributed by atoms with Gasteiger partial charge in [-0.15, -0.1) is 12.4 Å². The van der Waals surface area contributed by atoms with Crippen molar-refractivity contribution in [1.29, 1.82) is 0 Å². The number of carbonyl (C=O) groups excluding carboxylic acids is 1. The quantitative estimate of drug-likeness (QED) is 0.632. The lowest BCUT2D eigenvalue weighted by molar-refractivity contribution is -0.104. The first-order valence-electron chi connectivity index (χ1n) is 6.72. The number of benzene rings is 2. The van der Waals surface area contributed by atoms with Gasteiger partial charge in [0.1, 0.15) is 12.4 Å². The molecule has 0 amide bonds. The van der Waals surface area contributed by atoms with E-state index in [2.05, 4.69) is 0 Å². The van der Waals surface area contributed by atoms with Crippen LogP contribution >= 0.6 is 12.4 Å². The lowest BCUT2D eigenvalue weighted by atomic mass is 9.92. The Balaban J connectivity index is 0.00000242. The highest BCUT2D eigenvalue weighted by Gasteiger charge is 2.36. The van der Waals surface area contributed by atoms with Crippen molar-refractivity contribution in [2.24, 2.45) is 5.73 Å². The lowest BCUT2D eigenvalue weighted by Gasteiger charge is -2.33. The molecule has 0 aromatic heterocycles. The standard InChI is InChI=1S/C17H19NO3.ClH/c1-21-17(18,15-9-5-8-14(10-15)12-19)16(20)11-13-6-3-2-4-7-13;/h2-10,12,16,20H,11,18H2,1H3;1H/t16-,17-;/m0./s1. The van der Waals surface area contributed by atoms with Crippen molar-refractivity contribution in [1.82, 2.24) is 0 Å². The van der Waals surface area contributed by atoms with Gasteiger partial charge in [-0.2, -0.15) is 0 Å². The average Bonchev–Trinajstić information content (AvgIpc) is 2.55. The van der Waals surface area contributed by atoms with Gasteiger partial charge in [0.25, 0.3) is 0 Å². The van der Waals surface area contributed by atoms with Crippen LogP contribution in [0.3, 0.4) is 0 Å². The van der Waals surface area contributed by atoms with E-state index in [9.17, 15) is 9.90 Å². The summed E-state index contributed by atoms with van der Waals surface area (Å²) in [6.07, 6.45) is 0.159. The van der Waals surface area contributed by atoms with Crippen LogP contribution in [-0.2, 0) is 16.9 Å². The second-order valence-electron chi connectivity index (χ2n) is 4.95. The molecule has 118 valence electrons. The maximum atomic E-state index is 10.9. The van der Waals surface area contributed by atoms with Gasteiger partial charge in [0, 0.05) is 24.7 Å². The van der Waals surface area contributed by atoms with Crippen LogP contribution in [0.15, 0.2) is 54.6 Å². The van der Waals surface area contributed by atoms with Crippen LogP contribution < -0.4 is 5.73 Å². The van der Waals surface area contributed by atoms with Gasteiger partial charge in [0.2, 0.25) is 0 Å². The lowest BCUT2D eigenvalue weighted by Crippen LogP contribution is -2.50. The van der Waals surface area contributed by atoms with Crippen molar-refractivity contribution >= 4 is 18.7 Å². The third-order valence-electron chi connectivity index (χ3n) is 3.58. The Morgan fingerprint density at radius 3 is 2.50 bits per heavy atom. The number of nitrogens with two attached hydrogens (primary N) is 1. The van der Waals surface area contributed by atoms with Gasteiger partial charge >= 0.3 is 0 Å². The molecule has 2 aromatic rings. The number of hydrogen-bond acceptors (Lipinski definition) is 4. The van der Waals surface area contributed by atoms with E-state index in [1.165, 1.54) is 7.11 Å². The molecule has 2 aromatic carbocycles. The molecule has 2 rings (SSSR count). The van der Waals surface area contributed by atoms with E-state index in [0.717, 1.165) is 11.8 Å². The van der Waals surface area contributed by atoms with Gasteiger partial charge in [-0.1, -0.05) is 48.5 Å². The normalized spacial score (nSPS) is 14.5. The average molecular weight is 322 g/mol. The predicted octanol–water partition coefficient (Wildman–Crippen LogP) is 2.28. The van der Waals surface area contributed by atoms with E-state index >= 15 is 0 Å². The molecule has 0 unspecified atom stereocenters. The maximum Gasteiger partial charge on any atom is 0.168 e. The third-order valence-corrected chi connectivity index (χ3v) is 3.58. The molecule has 0 aliphatic rings. The van der Waals surface area contributed by atoms with Gasteiger partial charge < -0.3 is 9.84 Å². The van der Waals surface area contributed by atoms with E-state index in [-0.39, 0.29) is 12.4 Å². The minimum Gasteiger partial charge on any atom is -0.388 e. The van der Waals surface area contributed by atoms with E-state index in [0.29, 0.717) is 17.5 Å². The smallest absolute Gasteiger partial charge is 0.168 e. The van der Waals surface area contributed by atoms with Crippen molar-refractivity contribution in [3.8, 4) is 0 Å². The zero-order valence-corrected chi connectivity index (χ0v) is 13.1. The summed E-state index contributed by atoms with van der Waals surface area (Å²) < 4.78 is 5.37. The van der Waals surface area contributed by atoms with Gasteiger partial charge in [-0.05, 0) is 11.6 Å². The fourth-order valence-electron chi connectivity index (χ4n) is 2.29. The highest BCUT2D eigenvalue weighted by atomic mass is 35.5. The fourth-order valence-corrected chi connectivity index (χ4v) is 2.29. The molecule has 0 aliphatic heterocycles. The summed E-state index contributed by atoms with van der Waals surface area (Å²) in [5.41, 5.74) is 6.90. The minimum absolute atomic E-state index is 0. The molecule has 3 N–H and O–H groups in total. The number of aliphatic hydroxyl groups excluding tert-OH is 1. The zero-order valence-electron chi connectivity index (χ0n) is 12.3.